The lowest BCUT2D eigenvalue weighted by molar-refractivity contribution is 0.410. The number of anilines is 2. The zero-order chi connectivity index (χ0) is 17.5. The number of aryl methyl sites for hydroxylation is 1. The average Bonchev–Trinajstić information content (AvgIpc) is 2.65. The monoisotopic (exact) mass is 334 g/mol. The maximum absolute atomic E-state index is 5.38. The minimum Gasteiger partial charge on any atom is -0.496 e. The molecule has 0 amide bonds. The second-order valence-electron chi connectivity index (χ2n) is 5.72. The molecule has 3 aromatic rings. The first-order valence-electron chi connectivity index (χ1n) is 8.24. The highest BCUT2D eigenvalue weighted by molar-refractivity contribution is 5.44. The minimum absolute atomic E-state index is 0.617. The van der Waals surface area contributed by atoms with Gasteiger partial charge in [0.2, 0.25) is 5.95 Å². The number of hydrogen-bond acceptors (Lipinski definition) is 5. The zero-order valence-electron chi connectivity index (χ0n) is 14.5. The van der Waals surface area contributed by atoms with E-state index >= 15 is 0 Å². The second-order valence-corrected chi connectivity index (χ2v) is 5.72. The minimum atomic E-state index is 0.617. The Bertz CT molecular complexity index is 821. The number of rotatable bonds is 7. The number of ether oxygens (including phenoxy) is 1. The quantitative estimate of drug-likeness (QED) is 0.683. The SMILES string of the molecule is COc1ccccc1CNc1cc(C)nc(NCc2ccccc2)n1. The van der Waals surface area contributed by atoms with Crippen LogP contribution in [0.5, 0.6) is 5.75 Å². The van der Waals surface area contributed by atoms with E-state index in [9.17, 15) is 0 Å². The van der Waals surface area contributed by atoms with E-state index in [1.165, 1.54) is 5.56 Å². The highest BCUT2D eigenvalue weighted by Crippen LogP contribution is 2.19. The van der Waals surface area contributed by atoms with Crippen LogP contribution in [0.2, 0.25) is 0 Å². The van der Waals surface area contributed by atoms with Crippen molar-refractivity contribution < 1.29 is 4.74 Å². The summed E-state index contributed by atoms with van der Waals surface area (Å²) in [4.78, 5) is 9.00. The fourth-order valence-corrected chi connectivity index (χ4v) is 2.55. The predicted molar refractivity (Wildman–Crippen MR) is 101 cm³/mol. The molecule has 0 saturated carbocycles. The normalized spacial score (nSPS) is 10.3. The number of nitrogens with one attached hydrogen (secondary N) is 2. The molecule has 0 spiro atoms. The van der Waals surface area contributed by atoms with Gasteiger partial charge in [-0.3, -0.25) is 0 Å². The largest absolute Gasteiger partial charge is 0.496 e. The Morgan fingerprint density at radius 2 is 1.64 bits per heavy atom. The molecule has 1 aromatic heterocycles. The van der Waals surface area contributed by atoms with Crippen molar-refractivity contribution in [1.82, 2.24) is 9.97 Å². The molecule has 5 heteroatoms. The predicted octanol–water partition coefficient (Wildman–Crippen LogP) is 4.02. The third-order valence-corrected chi connectivity index (χ3v) is 3.80. The number of methoxy groups -OCH3 is 1. The first-order valence-corrected chi connectivity index (χ1v) is 8.24. The van der Waals surface area contributed by atoms with E-state index in [0.29, 0.717) is 19.0 Å². The lowest BCUT2D eigenvalue weighted by atomic mass is 10.2. The fourth-order valence-electron chi connectivity index (χ4n) is 2.55. The molecular formula is C20H22N4O. The molecule has 3 rings (SSSR count). The molecule has 0 aliphatic rings. The molecule has 128 valence electrons. The molecule has 0 saturated heterocycles. The summed E-state index contributed by atoms with van der Waals surface area (Å²) >= 11 is 0. The van der Waals surface area contributed by atoms with E-state index in [1.54, 1.807) is 7.11 Å². The van der Waals surface area contributed by atoms with E-state index in [2.05, 4.69) is 32.7 Å². The summed E-state index contributed by atoms with van der Waals surface area (Å²) in [7, 11) is 1.68. The highest BCUT2D eigenvalue weighted by Gasteiger charge is 2.05. The van der Waals surface area contributed by atoms with Crippen molar-refractivity contribution >= 4 is 11.8 Å². The van der Waals surface area contributed by atoms with Gasteiger partial charge in [0, 0.05) is 30.4 Å². The number of benzene rings is 2. The van der Waals surface area contributed by atoms with Crippen LogP contribution in [0, 0.1) is 6.92 Å². The molecule has 0 aliphatic heterocycles. The molecule has 5 nitrogen and oxygen atoms in total. The summed E-state index contributed by atoms with van der Waals surface area (Å²) < 4.78 is 5.38. The summed E-state index contributed by atoms with van der Waals surface area (Å²) in [6, 6.07) is 20.1. The summed E-state index contributed by atoms with van der Waals surface area (Å²) in [6.07, 6.45) is 0. The molecule has 0 aliphatic carbocycles. The first kappa shape index (κ1) is 16.8. The van der Waals surface area contributed by atoms with Crippen LogP contribution in [-0.2, 0) is 13.1 Å². The molecule has 2 N–H and O–H groups in total. The Hall–Kier alpha value is -3.08. The van der Waals surface area contributed by atoms with E-state index in [1.807, 2.05) is 55.5 Å². The van der Waals surface area contributed by atoms with Crippen LogP contribution in [0.3, 0.4) is 0 Å². The van der Waals surface area contributed by atoms with Gasteiger partial charge >= 0.3 is 0 Å². The lowest BCUT2D eigenvalue weighted by Gasteiger charge is -2.12. The van der Waals surface area contributed by atoms with Crippen LogP contribution in [0.15, 0.2) is 60.7 Å². The van der Waals surface area contributed by atoms with Crippen LogP contribution >= 0.6 is 0 Å². The molecule has 1 heterocycles. The van der Waals surface area contributed by atoms with Gasteiger partial charge in [-0.25, -0.2) is 4.98 Å². The molecule has 0 unspecified atom stereocenters. The Balaban J connectivity index is 1.67. The van der Waals surface area contributed by atoms with Crippen LogP contribution in [0.25, 0.3) is 0 Å². The van der Waals surface area contributed by atoms with Crippen LogP contribution in [-0.4, -0.2) is 17.1 Å². The molecule has 0 atom stereocenters. The van der Waals surface area contributed by atoms with Crippen LogP contribution in [0.1, 0.15) is 16.8 Å². The van der Waals surface area contributed by atoms with Crippen LogP contribution in [0.4, 0.5) is 11.8 Å². The third-order valence-electron chi connectivity index (χ3n) is 3.80. The molecular weight excluding hydrogens is 312 g/mol. The standard InChI is InChI=1S/C20H22N4O/c1-15-12-19(21-14-17-10-6-7-11-18(17)25-2)24-20(23-15)22-13-16-8-4-3-5-9-16/h3-12H,13-14H2,1-2H3,(H2,21,22,23,24). The number of para-hydroxylation sites is 1. The van der Waals surface area contributed by atoms with Gasteiger partial charge in [0.25, 0.3) is 0 Å². The Kier molecular flexibility index (Phi) is 5.46. The van der Waals surface area contributed by atoms with Crippen molar-refractivity contribution in [2.24, 2.45) is 0 Å². The zero-order valence-corrected chi connectivity index (χ0v) is 14.5. The number of aromatic nitrogens is 2. The highest BCUT2D eigenvalue weighted by atomic mass is 16.5. The maximum atomic E-state index is 5.38. The summed E-state index contributed by atoms with van der Waals surface area (Å²) in [5.74, 6) is 2.27. The maximum Gasteiger partial charge on any atom is 0.225 e. The third kappa shape index (κ3) is 4.70. The molecule has 0 radical (unpaired) electrons. The topological polar surface area (TPSA) is 59.1 Å². The van der Waals surface area contributed by atoms with Gasteiger partial charge in [0.1, 0.15) is 11.6 Å². The fraction of sp³-hybridized carbons (Fsp3) is 0.200. The van der Waals surface area contributed by atoms with Crippen molar-refractivity contribution in [3.05, 3.63) is 77.5 Å². The van der Waals surface area contributed by atoms with Gasteiger partial charge in [-0.2, -0.15) is 4.98 Å². The molecule has 25 heavy (non-hydrogen) atoms. The lowest BCUT2D eigenvalue weighted by Crippen LogP contribution is -2.08. The summed E-state index contributed by atoms with van der Waals surface area (Å²) in [5, 5.41) is 6.62. The van der Waals surface area contributed by atoms with E-state index in [4.69, 9.17) is 4.74 Å². The Labute approximate surface area is 148 Å². The van der Waals surface area contributed by atoms with Crippen LogP contribution < -0.4 is 15.4 Å². The Morgan fingerprint density at radius 3 is 2.44 bits per heavy atom. The average molecular weight is 334 g/mol. The van der Waals surface area contributed by atoms with Crippen molar-refractivity contribution in [2.75, 3.05) is 17.7 Å². The van der Waals surface area contributed by atoms with Gasteiger partial charge in [-0.15, -0.1) is 0 Å². The van der Waals surface area contributed by atoms with Gasteiger partial charge in [-0.05, 0) is 18.6 Å². The van der Waals surface area contributed by atoms with Gasteiger partial charge in [0.15, 0.2) is 0 Å². The van der Waals surface area contributed by atoms with Crippen molar-refractivity contribution in [2.45, 2.75) is 20.0 Å². The van der Waals surface area contributed by atoms with Gasteiger partial charge in [0.05, 0.1) is 7.11 Å². The number of hydrogen-bond donors (Lipinski definition) is 2. The van der Waals surface area contributed by atoms with E-state index in [0.717, 1.165) is 22.8 Å². The first-order chi connectivity index (χ1) is 12.2. The van der Waals surface area contributed by atoms with E-state index in [-0.39, 0.29) is 0 Å². The van der Waals surface area contributed by atoms with Crippen molar-refractivity contribution in [3.8, 4) is 5.75 Å². The molecule has 0 bridgehead atoms. The van der Waals surface area contributed by atoms with E-state index < -0.39 is 0 Å². The Morgan fingerprint density at radius 1 is 0.880 bits per heavy atom. The second kappa shape index (κ2) is 8.15. The number of nitrogens with zero attached hydrogens (tertiary/aromatic N) is 2. The smallest absolute Gasteiger partial charge is 0.225 e. The van der Waals surface area contributed by atoms with Crippen molar-refractivity contribution in [1.29, 1.82) is 0 Å². The summed E-state index contributed by atoms with van der Waals surface area (Å²) in [6.45, 7) is 3.29. The van der Waals surface area contributed by atoms with Gasteiger partial charge in [-0.1, -0.05) is 48.5 Å². The van der Waals surface area contributed by atoms with Gasteiger partial charge < -0.3 is 15.4 Å². The summed E-state index contributed by atoms with van der Waals surface area (Å²) in [5.41, 5.74) is 3.18. The molecule has 0 fully saturated rings. The molecule has 2 aromatic carbocycles. The van der Waals surface area contributed by atoms with Crippen molar-refractivity contribution in [3.63, 3.8) is 0 Å².